The normalized spacial score (nSPS) is 13.4. The Bertz CT molecular complexity index is 1390. The molecular weight excluding hydrogens is 578 g/mol. The Kier molecular flexibility index (Phi) is 9.61. The van der Waals surface area contributed by atoms with Crippen LogP contribution < -0.4 is 10.6 Å². The first-order valence-electron chi connectivity index (χ1n) is 12.6. The molecule has 202 valence electrons. The minimum absolute atomic E-state index is 0.240. The average molecular weight is 609 g/mol. The lowest BCUT2D eigenvalue weighted by Crippen LogP contribution is -2.33. The van der Waals surface area contributed by atoms with E-state index < -0.39 is 0 Å². The number of carbonyl (C=O) groups is 3. The first-order valence-corrected chi connectivity index (χ1v) is 14.2. The molecule has 0 atom stereocenters. The van der Waals surface area contributed by atoms with E-state index in [1.54, 1.807) is 49.6 Å². The lowest BCUT2D eigenvalue weighted by molar-refractivity contribution is -0.137. The quantitative estimate of drug-likeness (QED) is 0.187. The van der Waals surface area contributed by atoms with E-state index >= 15 is 0 Å². The van der Waals surface area contributed by atoms with Gasteiger partial charge in [-0.1, -0.05) is 59.7 Å². The fourth-order valence-electron chi connectivity index (χ4n) is 3.98. The van der Waals surface area contributed by atoms with E-state index in [1.165, 1.54) is 22.2 Å². The van der Waals surface area contributed by atoms with E-state index in [2.05, 4.69) is 40.4 Å². The van der Waals surface area contributed by atoms with E-state index in [9.17, 15) is 14.4 Å². The highest BCUT2D eigenvalue weighted by molar-refractivity contribution is 9.10. The number of hydrogen-bond acceptors (Lipinski definition) is 6. The van der Waals surface area contributed by atoms with Crippen LogP contribution in [0.15, 0.2) is 92.8 Å². The number of thioether (sulfide) groups is 1. The summed E-state index contributed by atoms with van der Waals surface area (Å²) in [5.41, 5.74) is 3.26. The van der Waals surface area contributed by atoms with Gasteiger partial charge in [0.25, 0.3) is 17.7 Å². The van der Waals surface area contributed by atoms with E-state index in [0.29, 0.717) is 40.0 Å². The van der Waals surface area contributed by atoms with Gasteiger partial charge in [-0.15, -0.1) is 0 Å². The van der Waals surface area contributed by atoms with Gasteiger partial charge in [0, 0.05) is 46.6 Å². The fraction of sp³-hybridized carbons (Fsp3) is 0.233. The largest absolute Gasteiger partial charge is 0.385 e. The van der Waals surface area contributed by atoms with E-state index in [1.807, 2.05) is 30.3 Å². The maximum Gasteiger partial charge on any atom is 0.278 e. The molecule has 4 rings (SSSR count). The van der Waals surface area contributed by atoms with Crippen LogP contribution in [0.25, 0.3) is 0 Å². The summed E-state index contributed by atoms with van der Waals surface area (Å²) in [6, 6.07) is 22.1. The molecule has 0 aromatic heterocycles. The smallest absolute Gasteiger partial charge is 0.278 e. The van der Waals surface area contributed by atoms with Crippen LogP contribution in [0.4, 0.5) is 11.4 Å². The highest BCUT2D eigenvalue weighted by Gasteiger charge is 2.38. The molecule has 7 nitrogen and oxygen atoms in total. The van der Waals surface area contributed by atoms with Crippen molar-refractivity contribution >= 4 is 56.8 Å². The van der Waals surface area contributed by atoms with Gasteiger partial charge < -0.3 is 15.4 Å². The van der Waals surface area contributed by atoms with Crippen LogP contribution in [0.5, 0.6) is 0 Å². The van der Waals surface area contributed by atoms with Gasteiger partial charge in [0.1, 0.15) is 10.6 Å². The van der Waals surface area contributed by atoms with Crippen LogP contribution in [0.3, 0.4) is 0 Å². The minimum Gasteiger partial charge on any atom is -0.385 e. The number of halogens is 1. The number of ether oxygens (including phenoxy) is 1. The van der Waals surface area contributed by atoms with Gasteiger partial charge in [-0.25, -0.2) is 0 Å². The van der Waals surface area contributed by atoms with Gasteiger partial charge in [0.2, 0.25) is 0 Å². The van der Waals surface area contributed by atoms with Gasteiger partial charge in [0.15, 0.2) is 0 Å². The molecule has 0 fully saturated rings. The maximum atomic E-state index is 13.4. The van der Waals surface area contributed by atoms with Gasteiger partial charge >= 0.3 is 0 Å². The summed E-state index contributed by atoms with van der Waals surface area (Å²) in [6.45, 7) is 4.94. The van der Waals surface area contributed by atoms with Gasteiger partial charge in [-0.3, -0.25) is 19.3 Å². The second-order valence-corrected chi connectivity index (χ2v) is 11.3. The van der Waals surface area contributed by atoms with Crippen molar-refractivity contribution in [3.05, 3.63) is 99.0 Å². The lowest BCUT2D eigenvalue weighted by atomic mass is 10.0. The molecule has 1 aliphatic rings. The number of hydrogen-bond donors (Lipinski definition) is 2. The van der Waals surface area contributed by atoms with Crippen molar-refractivity contribution in [3.8, 4) is 0 Å². The Morgan fingerprint density at radius 2 is 1.69 bits per heavy atom. The van der Waals surface area contributed by atoms with Crippen molar-refractivity contribution < 1.29 is 19.1 Å². The molecule has 3 aromatic rings. The van der Waals surface area contributed by atoms with Crippen LogP contribution in [-0.2, 0) is 14.3 Å². The second kappa shape index (κ2) is 13.1. The van der Waals surface area contributed by atoms with E-state index in [4.69, 9.17) is 4.74 Å². The Hall–Kier alpha value is -3.40. The third-order valence-corrected chi connectivity index (χ3v) is 7.72. The van der Waals surface area contributed by atoms with E-state index in [-0.39, 0.29) is 30.0 Å². The van der Waals surface area contributed by atoms with Crippen LogP contribution in [0, 0.1) is 0 Å². The highest BCUT2D eigenvalue weighted by Crippen LogP contribution is 2.37. The van der Waals surface area contributed by atoms with Crippen LogP contribution in [0.2, 0.25) is 0 Å². The van der Waals surface area contributed by atoms with Crippen molar-refractivity contribution in [3.63, 3.8) is 0 Å². The van der Waals surface area contributed by atoms with Crippen molar-refractivity contribution in [1.82, 2.24) is 4.90 Å². The first kappa shape index (κ1) is 28.6. The number of benzene rings is 3. The number of nitrogens with one attached hydrogen (secondary N) is 2. The van der Waals surface area contributed by atoms with Crippen LogP contribution >= 0.6 is 27.7 Å². The van der Waals surface area contributed by atoms with Crippen molar-refractivity contribution in [1.29, 1.82) is 0 Å². The molecule has 0 saturated heterocycles. The third-order valence-electron chi connectivity index (χ3n) is 6.12. The summed E-state index contributed by atoms with van der Waals surface area (Å²) in [5.74, 6) is -0.586. The molecule has 0 aliphatic carbocycles. The Labute approximate surface area is 241 Å². The molecule has 1 heterocycles. The molecule has 0 unspecified atom stereocenters. The molecule has 2 N–H and O–H groups in total. The zero-order valence-corrected chi connectivity index (χ0v) is 24.4. The van der Waals surface area contributed by atoms with Gasteiger partial charge in [0.05, 0.1) is 0 Å². The molecule has 9 heteroatoms. The SMILES string of the molecule is COCCCN1C(=O)C(Nc2ccc(C(C)C)cc2)=C(Sc2cccc(NC(=O)c3ccc(Br)cc3)c2)C1=O. The van der Waals surface area contributed by atoms with Gasteiger partial charge in [-0.05, 0) is 72.5 Å². The summed E-state index contributed by atoms with van der Waals surface area (Å²) in [4.78, 5) is 41.7. The molecular formula is C30H30BrN3O4S. The minimum atomic E-state index is -0.369. The average Bonchev–Trinajstić information content (AvgIpc) is 3.13. The number of nitrogens with zero attached hydrogens (tertiary/aromatic N) is 1. The number of imide groups is 1. The number of rotatable bonds is 11. The van der Waals surface area contributed by atoms with Crippen LogP contribution in [-0.4, -0.2) is 42.9 Å². The highest BCUT2D eigenvalue weighted by atomic mass is 79.9. The number of methoxy groups -OCH3 is 1. The predicted octanol–water partition coefficient (Wildman–Crippen LogP) is 6.65. The summed E-state index contributed by atoms with van der Waals surface area (Å²) in [7, 11) is 1.59. The van der Waals surface area contributed by atoms with Crippen molar-refractivity contribution in [2.75, 3.05) is 30.9 Å². The molecule has 1 aliphatic heterocycles. The first-order chi connectivity index (χ1) is 18.8. The maximum absolute atomic E-state index is 13.4. The molecule has 0 spiro atoms. The molecule has 39 heavy (non-hydrogen) atoms. The fourth-order valence-corrected chi connectivity index (χ4v) is 5.25. The van der Waals surface area contributed by atoms with E-state index in [0.717, 1.165) is 10.2 Å². The second-order valence-electron chi connectivity index (χ2n) is 9.31. The summed E-state index contributed by atoms with van der Waals surface area (Å²) in [5, 5.41) is 6.09. The number of anilines is 2. The number of amides is 3. The molecule has 3 amide bonds. The molecule has 0 radical (unpaired) electrons. The zero-order chi connectivity index (χ0) is 27.9. The summed E-state index contributed by atoms with van der Waals surface area (Å²) >= 11 is 4.57. The summed E-state index contributed by atoms with van der Waals surface area (Å²) < 4.78 is 6.00. The molecule has 3 aromatic carbocycles. The number of carbonyl (C=O) groups excluding carboxylic acids is 3. The van der Waals surface area contributed by atoms with Gasteiger partial charge in [-0.2, -0.15) is 0 Å². The standard InChI is InChI=1S/C30H30BrN3O4S/c1-19(2)20-10-14-23(15-11-20)32-26-27(30(37)34(29(26)36)16-5-17-38-3)39-25-7-4-6-24(18-25)33-28(35)21-8-12-22(31)13-9-21/h4,6-15,18-19,32H,5,16-17H2,1-3H3,(H,33,35). The Morgan fingerprint density at radius 1 is 0.974 bits per heavy atom. The molecule has 0 saturated carbocycles. The Morgan fingerprint density at radius 3 is 2.36 bits per heavy atom. The van der Waals surface area contributed by atoms with Crippen molar-refractivity contribution in [2.45, 2.75) is 31.1 Å². The zero-order valence-electron chi connectivity index (χ0n) is 22.0. The summed E-state index contributed by atoms with van der Waals surface area (Å²) in [6.07, 6.45) is 0.542. The van der Waals surface area contributed by atoms with Crippen LogP contribution in [0.1, 0.15) is 42.1 Å². The third kappa shape index (κ3) is 7.17. The monoisotopic (exact) mass is 607 g/mol. The lowest BCUT2D eigenvalue weighted by Gasteiger charge is -2.15. The van der Waals surface area contributed by atoms with Crippen molar-refractivity contribution in [2.24, 2.45) is 0 Å². The predicted molar refractivity (Wildman–Crippen MR) is 159 cm³/mol. The molecule has 0 bridgehead atoms. The Balaban J connectivity index is 1.58. The topological polar surface area (TPSA) is 87.7 Å².